The molecule has 0 radical (unpaired) electrons. The molecule has 0 aliphatic rings. The summed E-state index contributed by atoms with van der Waals surface area (Å²) in [6.45, 7) is 12.9. The molecule has 1 aromatic heterocycles. The SMILES string of the molecule is CC(=O)c1cc2ccc(O[Si](C)(C)C(C)(C)C)cc2[se]1. The Morgan fingerprint density at radius 1 is 1.20 bits per heavy atom. The number of carbonyl (C=O) groups is 1. The van der Waals surface area contributed by atoms with Gasteiger partial charge in [0.15, 0.2) is 0 Å². The van der Waals surface area contributed by atoms with Crippen molar-refractivity contribution >= 4 is 38.3 Å². The molecule has 0 saturated heterocycles. The Hall–Kier alpha value is -0.834. The molecule has 0 bridgehead atoms. The standard InChI is InChI=1S/C16H22O2SeSi/c1-11(17)14-9-12-7-8-13(10-15(12)19-14)18-20(5,6)16(2,3)4/h7-10H,1-6H3. The van der Waals surface area contributed by atoms with E-state index in [-0.39, 0.29) is 25.3 Å². The maximum atomic E-state index is 11.5. The quantitative estimate of drug-likeness (QED) is 0.601. The Balaban J connectivity index is 2.35. The average Bonchev–Trinajstić information content (AvgIpc) is 2.69. The molecule has 1 heterocycles. The summed E-state index contributed by atoms with van der Waals surface area (Å²) in [6, 6.07) is 8.26. The Bertz CT molecular complexity index is 650. The van der Waals surface area contributed by atoms with Crippen LogP contribution in [0.4, 0.5) is 0 Å². The minimum absolute atomic E-state index is 0.133. The van der Waals surface area contributed by atoms with Gasteiger partial charge in [0, 0.05) is 0 Å². The van der Waals surface area contributed by atoms with Crippen molar-refractivity contribution < 1.29 is 9.22 Å². The summed E-state index contributed by atoms with van der Waals surface area (Å²) < 4.78 is 8.55. The van der Waals surface area contributed by atoms with Gasteiger partial charge in [-0.25, -0.2) is 0 Å². The molecule has 2 aromatic rings. The van der Waals surface area contributed by atoms with Crippen LogP contribution < -0.4 is 4.43 Å². The van der Waals surface area contributed by atoms with E-state index in [1.807, 2.05) is 12.1 Å². The van der Waals surface area contributed by atoms with E-state index in [9.17, 15) is 4.79 Å². The normalized spacial score (nSPS) is 12.7. The van der Waals surface area contributed by atoms with E-state index in [2.05, 4.69) is 46.0 Å². The first kappa shape index (κ1) is 15.6. The van der Waals surface area contributed by atoms with Crippen LogP contribution in [-0.2, 0) is 0 Å². The van der Waals surface area contributed by atoms with Gasteiger partial charge < -0.3 is 0 Å². The summed E-state index contributed by atoms with van der Waals surface area (Å²) in [7, 11) is -1.79. The molecule has 0 N–H and O–H groups in total. The van der Waals surface area contributed by atoms with Gasteiger partial charge in [0.25, 0.3) is 0 Å². The van der Waals surface area contributed by atoms with Crippen molar-refractivity contribution in [2.45, 2.75) is 45.8 Å². The Morgan fingerprint density at radius 3 is 2.40 bits per heavy atom. The molecule has 0 saturated carbocycles. The average molecular weight is 353 g/mol. The molecule has 2 rings (SSSR count). The topological polar surface area (TPSA) is 26.3 Å². The third-order valence-corrected chi connectivity index (χ3v) is 10.9. The zero-order chi connectivity index (χ0) is 15.1. The van der Waals surface area contributed by atoms with E-state index in [0.29, 0.717) is 0 Å². The predicted octanol–water partition coefficient (Wildman–Crippen LogP) is 4.48. The third kappa shape index (κ3) is 3.08. The van der Waals surface area contributed by atoms with Crippen LogP contribution in [0.3, 0.4) is 0 Å². The molecular formula is C16H22O2SeSi. The first-order chi connectivity index (χ1) is 9.10. The molecule has 4 heteroatoms. The van der Waals surface area contributed by atoms with Crippen molar-refractivity contribution in [3.63, 3.8) is 0 Å². The van der Waals surface area contributed by atoms with E-state index < -0.39 is 8.32 Å². The molecule has 20 heavy (non-hydrogen) atoms. The summed E-state index contributed by atoms with van der Waals surface area (Å²) in [4.78, 5) is 11.5. The molecule has 0 fully saturated rings. The van der Waals surface area contributed by atoms with Gasteiger partial charge in [0.2, 0.25) is 0 Å². The molecular weight excluding hydrogens is 331 g/mol. The summed E-state index contributed by atoms with van der Waals surface area (Å²) >= 11 is 0.133. The molecule has 1 aromatic carbocycles. The summed E-state index contributed by atoms with van der Waals surface area (Å²) in [6.07, 6.45) is 0. The zero-order valence-corrected chi connectivity index (χ0v) is 15.7. The number of carbonyl (C=O) groups excluding carboxylic acids is 1. The number of rotatable bonds is 3. The summed E-state index contributed by atoms with van der Waals surface area (Å²) in [5.74, 6) is 1.14. The van der Waals surface area contributed by atoms with Crippen molar-refractivity contribution in [2.75, 3.05) is 0 Å². The Kier molecular flexibility index (Phi) is 4.02. The second-order valence-electron chi connectivity index (χ2n) is 6.73. The molecule has 0 aliphatic heterocycles. The van der Waals surface area contributed by atoms with Crippen molar-refractivity contribution in [1.82, 2.24) is 0 Å². The van der Waals surface area contributed by atoms with Gasteiger partial charge in [-0.1, -0.05) is 0 Å². The molecule has 0 unspecified atom stereocenters. The second kappa shape index (κ2) is 5.17. The predicted molar refractivity (Wildman–Crippen MR) is 88.7 cm³/mol. The van der Waals surface area contributed by atoms with Gasteiger partial charge >= 0.3 is 128 Å². The molecule has 0 amide bonds. The number of Topliss-reactive ketones (excluding diaryl/α,β-unsaturated/α-hetero) is 1. The Labute approximate surface area is 128 Å². The van der Waals surface area contributed by atoms with Gasteiger partial charge in [-0.2, -0.15) is 0 Å². The molecule has 108 valence electrons. The fraction of sp³-hybridized carbons (Fsp3) is 0.438. The van der Waals surface area contributed by atoms with Crippen molar-refractivity contribution in [2.24, 2.45) is 0 Å². The van der Waals surface area contributed by atoms with Crippen molar-refractivity contribution in [3.8, 4) is 5.75 Å². The fourth-order valence-electron chi connectivity index (χ4n) is 1.70. The number of hydrogen-bond acceptors (Lipinski definition) is 2. The van der Waals surface area contributed by atoms with Crippen molar-refractivity contribution in [1.29, 1.82) is 0 Å². The summed E-state index contributed by atoms with van der Waals surface area (Å²) in [5.41, 5.74) is 0. The van der Waals surface area contributed by atoms with Crippen LogP contribution in [0.25, 0.3) is 9.65 Å². The van der Waals surface area contributed by atoms with Gasteiger partial charge in [-0.15, -0.1) is 0 Å². The molecule has 0 atom stereocenters. The minimum atomic E-state index is -1.79. The van der Waals surface area contributed by atoms with E-state index in [1.165, 1.54) is 9.65 Å². The maximum absolute atomic E-state index is 11.5. The van der Waals surface area contributed by atoms with Crippen LogP contribution >= 0.6 is 0 Å². The molecule has 0 aliphatic carbocycles. The van der Waals surface area contributed by atoms with Crippen LogP contribution in [0, 0.1) is 0 Å². The van der Waals surface area contributed by atoms with Crippen LogP contribution in [-0.4, -0.2) is 28.6 Å². The third-order valence-electron chi connectivity index (χ3n) is 4.02. The Morgan fingerprint density at radius 2 is 1.85 bits per heavy atom. The van der Waals surface area contributed by atoms with Crippen LogP contribution in [0.1, 0.15) is 36.9 Å². The van der Waals surface area contributed by atoms with Crippen LogP contribution in [0.5, 0.6) is 5.75 Å². The fourth-order valence-corrected chi connectivity index (χ4v) is 4.79. The zero-order valence-electron chi connectivity index (χ0n) is 13.0. The second-order valence-corrected chi connectivity index (χ2v) is 13.7. The first-order valence-corrected chi connectivity index (χ1v) is 11.5. The van der Waals surface area contributed by atoms with Gasteiger partial charge in [0.05, 0.1) is 0 Å². The monoisotopic (exact) mass is 354 g/mol. The number of benzene rings is 1. The molecule has 2 nitrogen and oxygen atoms in total. The number of ketones is 1. The van der Waals surface area contributed by atoms with Gasteiger partial charge in [-0.3, -0.25) is 0 Å². The van der Waals surface area contributed by atoms with E-state index in [1.54, 1.807) is 6.92 Å². The molecule has 0 spiro atoms. The number of fused-ring (bicyclic) bond motifs is 1. The summed E-state index contributed by atoms with van der Waals surface area (Å²) in [5, 5.41) is 1.37. The number of hydrogen-bond donors (Lipinski definition) is 0. The van der Waals surface area contributed by atoms with E-state index >= 15 is 0 Å². The van der Waals surface area contributed by atoms with Crippen LogP contribution in [0.2, 0.25) is 18.1 Å². The van der Waals surface area contributed by atoms with Gasteiger partial charge in [0.1, 0.15) is 0 Å². The van der Waals surface area contributed by atoms with E-state index in [4.69, 9.17) is 4.43 Å². The first-order valence-electron chi connectivity index (χ1n) is 6.84. The van der Waals surface area contributed by atoms with Crippen LogP contribution in [0.15, 0.2) is 24.3 Å². The van der Waals surface area contributed by atoms with Gasteiger partial charge in [-0.05, 0) is 0 Å². The van der Waals surface area contributed by atoms with E-state index in [0.717, 1.165) is 10.2 Å². The van der Waals surface area contributed by atoms with Crippen molar-refractivity contribution in [3.05, 3.63) is 28.7 Å².